The van der Waals surface area contributed by atoms with Gasteiger partial charge in [-0.05, 0) is 25.7 Å². The highest BCUT2D eigenvalue weighted by molar-refractivity contribution is 7.89. The Balaban J connectivity index is 2.02. The van der Waals surface area contributed by atoms with Gasteiger partial charge < -0.3 is 10.5 Å². The van der Waals surface area contributed by atoms with E-state index in [0.29, 0.717) is 19.7 Å². The third kappa shape index (κ3) is 4.15. The molecule has 1 heterocycles. The summed E-state index contributed by atoms with van der Waals surface area (Å²) in [5.41, 5.74) is 5.60. The highest BCUT2D eigenvalue weighted by Gasteiger charge is 2.33. The fourth-order valence-electron chi connectivity index (χ4n) is 3.15. The van der Waals surface area contributed by atoms with Gasteiger partial charge in [0.2, 0.25) is 10.0 Å². The van der Waals surface area contributed by atoms with Gasteiger partial charge >= 0.3 is 0 Å². The van der Waals surface area contributed by atoms with E-state index in [0.717, 1.165) is 38.5 Å². The Kier molecular flexibility index (Phi) is 5.62. The molecule has 1 atom stereocenters. The van der Waals surface area contributed by atoms with Gasteiger partial charge in [0.15, 0.2) is 0 Å². The predicted octanol–water partition coefficient (Wildman–Crippen LogP) is 1.09. The van der Waals surface area contributed by atoms with Crippen molar-refractivity contribution >= 4 is 10.0 Å². The molecule has 0 bridgehead atoms. The Morgan fingerprint density at radius 1 is 1.11 bits per heavy atom. The van der Waals surface area contributed by atoms with Crippen LogP contribution in [0, 0.1) is 0 Å². The van der Waals surface area contributed by atoms with Crippen LogP contribution in [0.4, 0.5) is 0 Å². The molecular formula is C13H26N2O3S. The Morgan fingerprint density at radius 3 is 2.42 bits per heavy atom. The van der Waals surface area contributed by atoms with Gasteiger partial charge in [0.05, 0.1) is 11.9 Å². The SMILES string of the molecule is NCCN(C1CCCCC1)S(=O)(=O)CC1CCCO1. The average Bonchev–Trinajstić information content (AvgIpc) is 2.89. The zero-order chi connectivity index (χ0) is 13.7. The molecule has 1 saturated heterocycles. The molecule has 112 valence electrons. The first-order valence-electron chi connectivity index (χ1n) is 7.44. The molecule has 0 amide bonds. The minimum atomic E-state index is -3.24. The zero-order valence-electron chi connectivity index (χ0n) is 11.6. The van der Waals surface area contributed by atoms with Crippen molar-refractivity contribution in [3.63, 3.8) is 0 Å². The molecule has 1 saturated carbocycles. The van der Waals surface area contributed by atoms with E-state index >= 15 is 0 Å². The van der Waals surface area contributed by atoms with Gasteiger partial charge in [-0.1, -0.05) is 19.3 Å². The minimum absolute atomic E-state index is 0.117. The first-order valence-corrected chi connectivity index (χ1v) is 9.05. The maximum Gasteiger partial charge on any atom is 0.216 e. The van der Waals surface area contributed by atoms with Crippen molar-refractivity contribution in [2.24, 2.45) is 5.73 Å². The topological polar surface area (TPSA) is 72.6 Å². The monoisotopic (exact) mass is 290 g/mol. The fourth-order valence-corrected chi connectivity index (χ4v) is 5.12. The second-order valence-electron chi connectivity index (χ2n) is 5.60. The first-order chi connectivity index (χ1) is 9.13. The molecule has 19 heavy (non-hydrogen) atoms. The second kappa shape index (κ2) is 7.02. The number of hydrogen-bond donors (Lipinski definition) is 1. The Bertz CT molecular complexity index is 360. The first kappa shape index (κ1) is 15.2. The molecule has 0 radical (unpaired) electrons. The zero-order valence-corrected chi connectivity index (χ0v) is 12.4. The summed E-state index contributed by atoms with van der Waals surface area (Å²) in [5, 5.41) is 0. The summed E-state index contributed by atoms with van der Waals surface area (Å²) in [4.78, 5) is 0. The highest BCUT2D eigenvalue weighted by atomic mass is 32.2. The molecule has 0 aromatic carbocycles. The van der Waals surface area contributed by atoms with Crippen LogP contribution >= 0.6 is 0 Å². The van der Waals surface area contributed by atoms with E-state index in [-0.39, 0.29) is 17.9 Å². The lowest BCUT2D eigenvalue weighted by Gasteiger charge is -2.33. The van der Waals surface area contributed by atoms with Gasteiger partial charge in [-0.2, -0.15) is 4.31 Å². The molecule has 5 nitrogen and oxygen atoms in total. The quantitative estimate of drug-likeness (QED) is 0.795. The number of sulfonamides is 1. The normalized spacial score (nSPS) is 26.1. The van der Waals surface area contributed by atoms with Crippen LogP contribution in [0.3, 0.4) is 0 Å². The van der Waals surface area contributed by atoms with E-state index in [2.05, 4.69) is 0 Å². The number of nitrogens with two attached hydrogens (primary N) is 1. The van der Waals surface area contributed by atoms with Crippen molar-refractivity contribution in [2.75, 3.05) is 25.4 Å². The minimum Gasteiger partial charge on any atom is -0.377 e. The van der Waals surface area contributed by atoms with Gasteiger partial charge in [-0.25, -0.2) is 8.42 Å². The van der Waals surface area contributed by atoms with E-state index in [1.54, 1.807) is 4.31 Å². The summed E-state index contributed by atoms with van der Waals surface area (Å²) < 4.78 is 32.3. The average molecular weight is 290 g/mol. The predicted molar refractivity (Wildman–Crippen MR) is 75.4 cm³/mol. The van der Waals surface area contributed by atoms with Crippen molar-refractivity contribution in [3.05, 3.63) is 0 Å². The van der Waals surface area contributed by atoms with Crippen LogP contribution in [0.25, 0.3) is 0 Å². The molecule has 6 heteroatoms. The largest absolute Gasteiger partial charge is 0.377 e. The van der Waals surface area contributed by atoms with Gasteiger partial charge in [-0.3, -0.25) is 0 Å². The summed E-state index contributed by atoms with van der Waals surface area (Å²) in [6.45, 7) is 1.53. The molecule has 0 aromatic rings. The van der Waals surface area contributed by atoms with Crippen LogP contribution < -0.4 is 5.73 Å². The standard InChI is InChI=1S/C13H26N2O3S/c14-8-9-15(12-5-2-1-3-6-12)19(16,17)11-13-7-4-10-18-13/h12-13H,1-11,14H2. The number of nitrogens with zero attached hydrogens (tertiary/aromatic N) is 1. The third-order valence-electron chi connectivity index (χ3n) is 4.11. The van der Waals surface area contributed by atoms with Gasteiger partial charge in [0.1, 0.15) is 0 Å². The van der Waals surface area contributed by atoms with Crippen molar-refractivity contribution < 1.29 is 13.2 Å². The number of ether oxygens (including phenoxy) is 1. The highest BCUT2D eigenvalue weighted by Crippen LogP contribution is 2.26. The van der Waals surface area contributed by atoms with Crippen molar-refractivity contribution in [3.8, 4) is 0 Å². The van der Waals surface area contributed by atoms with Crippen LogP contribution in [-0.4, -0.2) is 50.3 Å². The van der Waals surface area contributed by atoms with Gasteiger partial charge in [0.25, 0.3) is 0 Å². The van der Waals surface area contributed by atoms with E-state index in [4.69, 9.17) is 10.5 Å². The molecule has 0 aromatic heterocycles. The van der Waals surface area contributed by atoms with E-state index in [1.165, 1.54) is 6.42 Å². The molecule has 1 aliphatic carbocycles. The lowest BCUT2D eigenvalue weighted by molar-refractivity contribution is 0.125. The molecule has 2 rings (SSSR count). The molecule has 1 aliphatic heterocycles. The van der Waals surface area contributed by atoms with Gasteiger partial charge in [-0.15, -0.1) is 0 Å². The van der Waals surface area contributed by atoms with Crippen LogP contribution in [0.15, 0.2) is 0 Å². The van der Waals surface area contributed by atoms with E-state index in [9.17, 15) is 8.42 Å². The van der Waals surface area contributed by atoms with Crippen molar-refractivity contribution in [1.29, 1.82) is 0 Å². The Labute approximate surface area is 116 Å². The number of rotatable bonds is 6. The summed E-state index contributed by atoms with van der Waals surface area (Å²) >= 11 is 0. The molecule has 0 spiro atoms. The third-order valence-corrected chi connectivity index (χ3v) is 6.10. The second-order valence-corrected chi connectivity index (χ2v) is 7.57. The van der Waals surface area contributed by atoms with Crippen LogP contribution in [0.5, 0.6) is 0 Å². The molecule has 1 unspecified atom stereocenters. The Hall–Kier alpha value is -0.170. The van der Waals surface area contributed by atoms with Crippen molar-refractivity contribution in [1.82, 2.24) is 4.31 Å². The van der Waals surface area contributed by atoms with E-state index in [1.807, 2.05) is 0 Å². The summed E-state index contributed by atoms with van der Waals surface area (Å²) in [6.07, 6.45) is 7.14. The Morgan fingerprint density at radius 2 is 1.84 bits per heavy atom. The number of hydrogen-bond acceptors (Lipinski definition) is 4. The fraction of sp³-hybridized carbons (Fsp3) is 1.00. The van der Waals surface area contributed by atoms with E-state index < -0.39 is 10.0 Å². The molecule has 2 fully saturated rings. The maximum atomic E-state index is 12.6. The summed E-state index contributed by atoms with van der Waals surface area (Å²) in [6, 6.07) is 0.156. The molecular weight excluding hydrogens is 264 g/mol. The van der Waals surface area contributed by atoms with Crippen molar-refractivity contribution in [2.45, 2.75) is 57.1 Å². The van der Waals surface area contributed by atoms with Crippen LogP contribution in [-0.2, 0) is 14.8 Å². The summed E-state index contributed by atoms with van der Waals surface area (Å²) in [5.74, 6) is 0.128. The molecule has 2 aliphatic rings. The van der Waals surface area contributed by atoms with Crippen LogP contribution in [0.1, 0.15) is 44.9 Å². The maximum absolute atomic E-state index is 12.6. The van der Waals surface area contributed by atoms with Gasteiger partial charge in [0, 0.05) is 25.7 Å². The molecule has 2 N–H and O–H groups in total. The summed E-state index contributed by atoms with van der Waals surface area (Å²) in [7, 11) is -3.24. The lowest BCUT2D eigenvalue weighted by Crippen LogP contribution is -2.46. The smallest absolute Gasteiger partial charge is 0.216 e. The van der Waals surface area contributed by atoms with Crippen LogP contribution in [0.2, 0.25) is 0 Å². The lowest BCUT2D eigenvalue weighted by atomic mass is 9.95.